The first-order chi connectivity index (χ1) is 11.2. The summed E-state index contributed by atoms with van der Waals surface area (Å²) < 4.78 is 25.5. The Kier molecular flexibility index (Phi) is 5.29. The average Bonchev–Trinajstić information content (AvgIpc) is 2.50. The van der Waals surface area contributed by atoms with Crippen LogP contribution in [0.4, 0.5) is 11.4 Å². The van der Waals surface area contributed by atoms with Gasteiger partial charge in [0.2, 0.25) is 15.9 Å². The molecule has 1 amide bonds. The second-order valence-electron chi connectivity index (χ2n) is 5.93. The van der Waals surface area contributed by atoms with E-state index in [0.29, 0.717) is 11.4 Å². The van der Waals surface area contributed by atoms with E-state index < -0.39 is 16.1 Å². The lowest BCUT2D eigenvalue weighted by Gasteiger charge is -2.28. The summed E-state index contributed by atoms with van der Waals surface area (Å²) in [6, 6.07) is 13.5. The maximum atomic E-state index is 12.5. The molecule has 0 heterocycles. The van der Waals surface area contributed by atoms with Crippen LogP contribution in [0, 0.1) is 13.8 Å². The van der Waals surface area contributed by atoms with E-state index in [1.165, 1.54) is 0 Å². The summed E-state index contributed by atoms with van der Waals surface area (Å²) >= 11 is 0. The lowest BCUT2D eigenvalue weighted by atomic mass is 10.2. The number of nitrogens with zero attached hydrogens (tertiary/aromatic N) is 1. The molecule has 0 aromatic heterocycles. The minimum absolute atomic E-state index is 0.384. The Morgan fingerprint density at radius 2 is 1.42 bits per heavy atom. The predicted octanol–water partition coefficient (Wildman–Crippen LogP) is 3.10. The van der Waals surface area contributed by atoms with Gasteiger partial charge in [-0.25, -0.2) is 8.42 Å². The van der Waals surface area contributed by atoms with E-state index in [4.69, 9.17) is 0 Å². The Hall–Kier alpha value is -2.34. The second-order valence-corrected chi connectivity index (χ2v) is 7.79. The maximum absolute atomic E-state index is 12.5. The van der Waals surface area contributed by atoms with E-state index in [1.807, 2.05) is 38.1 Å². The Balaban J connectivity index is 2.27. The average molecular weight is 346 g/mol. The van der Waals surface area contributed by atoms with Gasteiger partial charge in [-0.3, -0.25) is 9.10 Å². The molecule has 5 nitrogen and oxygen atoms in total. The summed E-state index contributed by atoms with van der Waals surface area (Å²) in [7, 11) is -3.60. The van der Waals surface area contributed by atoms with E-state index in [9.17, 15) is 13.2 Å². The van der Waals surface area contributed by atoms with Crippen molar-refractivity contribution in [3.05, 3.63) is 59.7 Å². The summed E-state index contributed by atoms with van der Waals surface area (Å²) in [6.45, 7) is 5.45. The largest absolute Gasteiger partial charge is 0.324 e. The zero-order chi connectivity index (χ0) is 17.9. The van der Waals surface area contributed by atoms with Gasteiger partial charge in [0.25, 0.3) is 0 Å². The summed E-state index contributed by atoms with van der Waals surface area (Å²) in [6.07, 6.45) is 1.10. The van der Waals surface area contributed by atoms with Gasteiger partial charge in [-0.15, -0.1) is 0 Å². The van der Waals surface area contributed by atoms with Crippen LogP contribution in [0.1, 0.15) is 18.1 Å². The van der Waals surface area contributed by atoms with Crippen LogP contribution in [-0.4, -0.2) is 26.6 Å². The van der Waals surface area contributed by atoms with E-state index in [1.54, 1.807) is 31.2 Å². The lowest BCUT2D eigenvalue weighted by molar-refractivity contribution is -0.116. The number of hydrogen-bond donors (Lipinski definition) is 1. The normalized spacial score (nSPS) is 12.5. The number of nitrogens with one attached hydrogen (secondary N) is 1. The molecule has 0 aliphatic heterocycles. The molecular weight excluding hydrogens is 324 g/mol. The standard InChI is InChI=1S/C18H22N2O3S/c1-13-5-9-16(10-6-13)19-18(21)15(3)20(24(4,22)23)17-11-7-14(2)8-12-17/h5-12,15H,1-4H3,(H,19,21)/t15-/m1/s1. The van der Waals surface area contributed by atoms with Crippen molar-refractivity contribution in [3.8, 4) is 0 Å². The maximum Gasteiger partial charge on any atom is 0.247 e. The fraction of sp³-hybridized carbons (Fsp3) is 0.278. The molecule has 0 bridgehead atoms. The van der Waals surface area contributed by atoms with Crippen molar-refractivity contribution in [1.29, 1.82) is 0 Å². The summed E-state index contributed by atoms with van der Waals surface area (Å²) in [5.74, 6) is -0.384. The Bertz CT molecular complexity index is 812. The number of carbonyl (C=O) groups is 1. The van der Waals surface area contributed by atoms with Crippen LogP contribution in [0.25, 0.3) is 0 Å². The van der Waals surface area contributed by atoms with Gasteiger partial charge in [0.15, 0.2) is 0 Å². The van der Waals surface area contributed by atoms with E-state index in [-0.39, 0.29) is 5.91 Å². The zero-order valence-electron chi connectivity index (χ0n) is 14.3. The van der Waals surface area contributed by atoms with Gasteiger partial charge in [0, 0.05) is 5.69 Å². The van der Waals surface area contributed by atoms with Gasteiger partial charge in [-0.1, -0.05) is 35.4 Å². The van der Waals surface area contributed by atoms with Gasteiger partial charge in [-0.2, -0.15) is 0 Å². The van der Waals surface area contributed by atoms with Crippen LogP contribution in [0.3, 0.4) is 0 Å². The molecule has 2 aromatic rings. The first kappa shape index (κ1) is 18.0. The molecule has 0 aliphatic rings. The third-order valence-electron chi connectivity index (χ3n) is 3.70. The van der Waals surface area contributed by atoms with Crippen molar-refractivity contribution in [2.45, 2.75) is 26.8 Å². The summed E-state index contributed by atoms with van der Waals surface area (Å²) in [5.41, 5.74) is 3.20. The van der Waals surface area contributed by atoms with Crippen LogP contribution in [0.15, 0.2) is 48.5 Å². The van der Waals surface area contributed by atoms with Gasteiger partial charge in [0.05, 0.1) is 11.9 Å². The number of sulfonamides is 1. The van der Waals surface area contributed by atoms with Crippen molar-refractivity contribution in [1.82, 2.24) is 0 Å². The molecule has 1 atom stereocenters. The quantitative estimate of drug-likeness (QED) is 0.905. The smallest absolute Gasteiger partial charge is 0.247 e. The minimum atomic E-state index is -3.60. The highest BCUT2D eigenvalue weighted by Gasteiger charge is 2.29. The molecule has 0 fully saturated rings. The minimum Gasteiger partial charge on any atom is -0.324 e. The third-order valence-corrected chi connectivity index (χ3v) is 4.94. The summed E-state index contributed by atoms with van der Waals surface area (Å²) in [4.78, 5) is 12.5. The number of hydrogen-bond acceptors (Lipinski definition) is 3. The van der Waals surface area contributed by atoms with Crippen LogP contribution < -0.4 is 9.62 Å². The molecule has 0 unspecified atom stereocenters. The predicted molar refractivity (Wildman–Crippen MR) is 97.8 cm³/mol. The van der Waals surface area contributed by atoms with Crippen LogP contribution in [-0.2, 0) is 14.8 Å². The number of amides is 1. The van der Waals surface area contributed by atoms with Crippen LogP contribution in [0.2, 0.25) is 0 Å². The molecule has 6 heteroatoms. The highest BCUT2D eigenvalue weighted by Crippen LogP contribution is 2.22. The molecule has 2 rings (SSSR count). The van der Waals surface area contributed by atoms with Gasteiger partial charge >= 0.3 is 0 Å². The number of rotatable bonds is 5. The third kappa shape index (κ3) is 4.35. The molecule has 128 valence electrons. The Morgan fingerprint density at radius 3 is 1.88 bits per heavy atom. The molecule has 2 aromatic carbocycles. The fourth-order valence-corrected chi connectivity index (χ4v) is 3.56. The number of benzene rings is 2. The molecule has 1 N–H and O–H groups in total. The van der Waals surface area contributed by atoms with Crippen molar-refractivity contribution in [2.24, 2.45) is 0 Å². The number of aryl methyl sites for hydroxylation is 2. The van der Waals surface area contributed by atoms with Crippen LogP contribution in [0.5, 0.6) is 0 Å². The Morgan fingerprint density at radius 1 is 0.958 bits per heavy atom. The van der Waals surface area contributed by atoms with Gasteiger partial charge < -0.3 is 5.32 Å². The van der Waals surface area contributed by atoms with Gasteiger partial charge in [0.1, 0.15) is 6.04 Å². The van der Waals surface area contributed by atoms with Crippen molar-refractivity contribution >= 4 is 27.3 Å². The van der Waals surface area contributed by atoms with Gasteiger partial charge in [-0.05, 0) is 45.0 Å². The molecule has 0 saturated carbocycles. The lowest BCUT2D eigenvalue weighted by Crippen LogP contribution is -2.45. The van der Waals surface area contributed by atoms with Crippen molar-refractivity contribution < 1.29 is 13.2 Å². The molecule has 0 aliphatic carbocycles. The Labute approximate surface area is 143 Å². The SMILES string of the molecule is Cc1ccc(NC(=O)[C@@H](C)N(c2ccc(C)cc2)S(C)(=O)=O)cc1. The molecule has 0 spiro atoms. The molecule has 24 heavy (non-hydrogen) atoms. The molecule has 0 radical (unpaired) electrons. The summed E-state index contributed by atoms with van der Waals surface area (Å²) in [5, 5.41) is 2.76. The molecule has 0 saturated heterocycles. The second kappa shape index (κ2) is 7.05. The van der Waals surface area contributed by atoms with E-state index in [0.717, 1.165) is 21.7 Å². The van der Waals surface area contributed by atoms with Crippen molar-refractivity contribution in [2.75, 3.05) is 15.9 Å². The molecular formula is C18H22N2O3S. The first-order valence-corrected chi connectivity index (χ1v) is 9.47. The topological polar surface area (TPSA) is 66.5 Å². The highest BCUT2D eigenvalue weighted by atomic mass is 32.2. The number of carbonyl (C=O) groups excluding carboxylic acids is 1. The van der Waals surface area contributed by atoms with E-state index >= 15 is 0 Å². The van der Waals surface area contributed by atoms with Crippen molar-refractivity contribution in [3.63, 3.8) is 0 Å². The monoisotopic (exact) mass is 346 g/mol. The zero-order valence-corrected chi connectivity index (χ0v) is 15.1. The van der Waals surface area contributed by atoms with E-state index in [2.05, 4.69) is 5.32 Å². The first-order valence-electron chi connectivity index (χ1n) is 7.62. The van der Waals surface area contributed by atoms with Crippen LogP contribution >= 0.6 is 0 Å². The number of anilines is 2. The highest BCUT2D eigenvalue weighted by molar-refractivity contribution is 7.92. The fourth-order valence-electron chi connectivity index (χ4n) is 2.38.